The summed E-state index contributed by atoms with van der Waals surface area (Å²) in [4.78, 5) is 14.9. The van der Waals surface area contributed by atoms with E-state index in [-0.39, 0.29) is 17.5 Å². The third kappa shape index (κ3) is 7.50. The minimum absolute atomic E-state index is 0.258. The molecule has 40 heavy (non-hydrogen) atoms. The van der Waals surface area contributed by atoms with E-state index in [1.165, 1.54) is 37.4 Å². The number of aryl methyl sites for hydroxylation is 2. The molecule has 13 heteroatoms. The molecule has 1 aliphatic rings. The lowest BCUT2D eigenvalue weighted by molar-refractivity contribution is 0.198. The van der Waals surface area contributed by atoms with Crippen LogP contribution in [0.25, 0.3) is 33.1 Å². The largest absolute Gasteiger partial charge is 0.381 e. The Labute approximate surface area is 253 Å². The zero-order valence-corrected chi connectivity index (χ0v) is 26.2. The summed E-state index contributed by atoms with van der Waals surface area (Å²) in [5.41, 5.74) is 4.67. The molecule has 0 bridgehead atoms. The van der Waals surface area contributed by atoms with Gasteiger partial charge in [0, 0.05) is 45.5 Å². The Hall–Kier alpha value is -2.74. The van der Waals surface area contributed by atoms with Gasteiger partial charge in [-0.2, -0.15) is 0 Å². The lowest BCUT2D eigenvalue weighted by Crippen LogP contribution is -1.85. The van der Waals surface area contributed by atoms with Crippen molar-refractivity contribution >= 4 is 80.9 Å². The van der Waals surface area contributed by atoms with Gasteiger partial charge in [0.15, 0.2) is 0 Å². The van der Waals surface area contributed by atoms with E-state index < -0.39 is 0 Å². The van der Waals surface area contributed by atoms with Crippen molar-refractivity contribution in [2.45, 2.75) is 12.8 Å². The van der Waals surface area contributed by atoms with E-state index in [4.69, 9.17) is 4.74 Å². The normalized spacial score (nSPS) is 12.5. The average Bonchev–Trinajstić information content (AvgIpc) is 3.74. The van der Waals surface area contributed by atoms with Crippen molar-refractivity contribution in [1.29, 1.82) is 0 Å². The number of imidazole rings is 3. The van der Waals surface area contributed by atoms with Crippen molar-refractivity contribution in [3.05, 3.63) is 86.2 Å². The molecule has 1 N–H and O–H groups in total. The molecule has 0 spiro atoms. The monoisotopic (exact) mass is 742 g/mol. The number of halogens is 6. The number of fused-ring (bicyclic) bond motifs is 3. The zero-order valence-electron chi connectivity index (χ0n) is 21.4. The first-order valence-corrected chi connectivity index (χ1v) is 14.4. The Balaban J connectivity index is 0.000000128. The first kappa shape index (κ1) is 30.2. The number of H-pyrrole nitrogens is 1. The first-order valence-electron chi connectivity index (χ1n) is 12.0. The van der Waals surface area contributed by atoms with Crippen molar-refractivity contribution in [3.63, 3.8) is 0 Å². The average molecular weight is 745 g/mol. The topological polar surface area (TPSA) is 73.6 Å². The third-order valence-corrected chi connectivity index (χ3v) is 7.65. The van der Waals surface area contributed by atoms with Crippen molar-refractivity contribution in [2.24, 2.45) is 14.1 Å². The summed E-state index contributed by atoms with van der Waals surface area (Å²) in [6.07, 6.45) is 7.42. The van der Waals surface area contributed by atoms with Gasteiger partial charge in [-0.3, -0.25) is 0 Å². The molecule has 0 unspecified atom stereocenters. The van der Waals surface area contributed by atoms with Gasteiger partial charge in [-0.15, -0.1) is 0 Å². The SMILES string of the molecule is C1CCOC1.Cn1cnc2cc(Br)c(F)cc21.Cn1cnc2cc(F)c(Br)cc21.Fc1cc2[nH]cnc2cc1Br. The van der Waals surface area contributed by atoms with E-state index in [9.17, 15) is 13.2 Å². The molecule has 210 valence electrons. The van der Waals surface area contributed by atoms with Gasteiger partial charge in [0.2, 0.25) is 0 Å². The molecule has 3 aromatic heterocycles. The number of nitrogens with one attached hydrogen (secondary N) is 1. The third-order valence-electron chi connectivity index (χ3n) is 5.82. The number of nitrogens with zero attached hydrogens (tertiary/aromatic N) is 5. The second-order valence-electron chi connectivity index (χ2n) is 8.73. The smallest absolute Gasteiger partial charge is 0.139 e. The van der Waals surface area contributed by atoms with Crippen molar-refractivity contribution in [2.75, 3.05) is 13.2 Å². The molecule has 0 atom stereocenters. The van der Waals surface area contributed by atoms with Crippen LogP contribution < -0.4 is 0 Å². The Kier molecular flexibility index (Phi) is 10.4. The van der Waals surface area contributed by atoms with Crippen LogP contribution in [0, 0.1) is 17.5 Å². The molecule has 1 saturated heterocycles. The molecule has 1 aliphatic heterocycles. The standard InChI is InChI=1S/2C8H6BrFN2.C7H4BrFN2.C4H8O/c1-12-4-11-7-3-6(10)5(9)2-8(7)12;1-12-4-11-7-2-5(9)6(10)3-8(7)12;8-4-1-6-7(2-5(4)9)11-3-10-6;1-2-4-5-3-1/h2*2-4H,1H3;1-3H,(H,10,11);1-4H2. The fraction of sp³-hybridized carbons (Fsp3) is 0.222. The molecule has 7 rings (SSSR count). The zero-order chi connectivity index (χ0) is 28.8. The molecule has 3 aromatic carbocycles. The van der Waals surface area contributed by atoms with E-state index in [2.05, 4.69) is 67.7 Å². The van der Waals surface area contributed by atoms with Gasteiger partial charge in [0.05, 0.1) is 65.5 Å². The van der Waals surface area contributed by atoms with E-state index in [0.29, 0.717) is 24.5 Å². The molecule has 0 aliphatic carbocycles. The number of aromatic amines is 1. The van der Waals surface area contributed by atoms with E-state index >= 15 is 0 Å². The predicted octanol–water partition coefficient (Wildman–Crippen LogP) is 8.21. The summed E-state index contributed by atoms with van der Waals surface area (Å²) in [6.45, 7) is 2.00. The van der Waals surface area contributed by atoms with E-state index in [0.717, 1.165) is 35.3 Å². The summed E-state index contributed by atoms with van der Waals surface area (Å²) in [7, 11) is 3.71. The lowest BCUT2D eigenvalue weighted by Gasteiger charge is -1.96. The molecule has 0 saturated carbocycles. The summed E-state index contributed by atoms with van der Waals surface area (Å²) < 4.78 is 48.8. The summed E-state index contributed by atoms with van der Waals surface area (Å²) >= 11 is 9.29. The van der Waals surface area contributed by atoms with E-state index in [1.54, 1.807) is 35.4 Å². The Morgan fingerprint density at radius 1 is 0.675 bits per heavy atom. The van der Waals surface area contributed by atoms with Crippen molar-refractivity contribution in [3.8, 4) is 0 Å². The highest BCUT2D eigenvalue weighted by molar-refractivity contribution is 9.11. The predicted molar refractivity (Wildman–Crippen MR) is 161 cm³/mol. The maximum Gasteiger partial charge on any atom is 0.139 e. The molecule has 6 aromatic rings. The van der Waals surface area contributed by atoms with Gasteiger partial charge in [-0.1, -0.05) is 0 Å². The van der Waals surface area contributed by atoms with Crippen LogP contribution in [0.4, 0.5) is 13.2 Å². The summed E-state index contributed by atoms with van der Waals surface area (Å²) in [5, 5.41) is 0. The molecule has 1 fully saturated rings. The quantitative estimate of drug-likeness (QED) is 0.170. The molecule has 4 heterocycles. The van der Waals surface area contributed by atoms with Crippen LogP contribution in [0.1, 0.15) is 12.8 Å². The molecular formula is C27H24Br3F3N6O. The summed E-state index contributed by atoms with van der Waals surface area (Å²) in [6, 6.07) is 9.32. The van der Waals surface area contributed by atoms with Gasteiger partial charge in [-0.25, -0.2) is 28.1 Å². The van der Waals surface area contributed by atoms with Crippen LogP contribution in [-0.2, 0) is 18.8 Å². The summed E-state index contributed by atoms with van der Waals surface area (Å²) in [5.74, 6) is -0.811. The van der Waals surface area contributed by atoms with Gasteiger partial charge in [0.25, 0.3) is 0 Å². The number of aromatic nitrogens is 6. The highest BCUT2D eigenvalue weighted by Gasteiger charge is 2.06. The maximum atomic E-state index is 13.0. The van der Waals surface area contributed by atoms with Crippen LogP contribution >= 0.6 is 47.8 Å². The Morgan fingerprint density at radius 2 is 1.18 bits per heavy atom. The number of ether oxygens (including phenoxy) is 1. The van der Waals surface area contributed by atoms with E-state index in [1.807, 2.05) is 18.7 Å². The fourth-order valence-electron chi connectivity index (χ4n) is 3.69. The molecule has 7 nitrogen and oxygen atoms in total. The van der Waals surface area contributed by atoms with Crippen LogP contribution in [0.5, 0.6) is 0 Å². The second kappa shape index (κ2) is 13.7. The van der Waals surface area contributed by atoms with Crippen molar-refractivity contribution in [1.82, 2.24) is 29.1 Å². The van der Waals surface area contributed by atoms with Gasteiger partial charge >= 0.3 is 0 Å². The van der Waals surface area contributed by atoms with Gasteiger partial charge < -0.3 is 18.9 Å². The first-order chi connectivity index (χ1) is 19.1. The number of rotatable bonds is 0. The number of benzene rings is 3. The van der Waals surface area contributed by atoms with Gasteiger partial charge in [0.1, 0.15) is 17.5 Å². The fourth-order valence-corrected chi connectivity index (χ4v) is 4.68. The molecule has 0 amide bonds. The Bertz CT molecular complexity index is 1620. The number of hydrogen-bond acceptors (Lipinski definition) is 4. The lowest BCUT2D eigenvalue weighted by atomic mass is 10.3. The number of hydrogen-bond donors (Lipinski definition) is 1. The second-order valence-corrected chi connectivity index (χ2v) is 11.3. The molecule has 0 radical (unpaired) electrons. The van der Waals surface area contributed by atoms with Crippen LogP contribution in [0.15, 0.2) is 68.8 Å². The van der Waals surface area contributed by atoms with Gasteiger partial charge in [-0.05, 0) is 78.8 Å². The van der Waals surface area contributed by atoms with Crippen molar-refractivity contribution < 1.29 is 17.9 Å². The highest BCUT2D eigenvalue weighted by atomic mass is 79.9. The molecular weight excluding hydrogens is 721 g/mol. The van der Waals surface area contributed by atoms with Crippen LogP contribution in [0.3, 0.4) is 0 Å². The van der Waals surface area contributed by atoms with Crippen LogP contribution in [0.2, 0.25) is 0 Å². The Morgan fingerprint density at radius 3 is 1.77 bits per heavy atom. The van der Waals surface area contributed by atoms with Crippen LogP contribution in [-0.4, -0.2) is 42.3 Å². The minimum Gasteiger partial charge on any atom is -0.381 e. The highest BCUT2D eigenvalue weighted by Crippen LogP contribution is 2.23. The minimum atomic E-state index is -0.277. The maximum absolute atomic E-state index is 13.0.